The summed E-state index contributed by atoms with van der Waals surface area (Å²) in [6, 6.07) is 9.94. The Hall–Kier alpha value is -2.01. The van der Waals surface area contributed by atoms with E-state index in [1.807, 2.05) is 6.07 Å². The molecule has 0 atom stereocenters. The van der Waals surface area contributed by atoms with Crippen LogP contribution in [0.4, 0.5) is 4.39 Å². The SMILES string of the molecule is COc1ccc(CSc2ccc(C)c(C(=O)O)c2)c(F)c1. The van der Waals surface area contributed by atoms with E-state index in [2.05, 4.69) is 0 Å². The molecule has 1 N–H and O–H groups in total. The molecule has 2 aromatic rings. The second kappa shape index (κ2) is 6.63. The summed E-state index contributed by atoms with van der Waals surface area (Å²) < 4.78 is 18.8. The van der Waals surface area contributed by atoms with E-state index >= 15 is 0 Å². The van der Waals surface area contributed by atoms with Crippen molar-refractivity contribution in [1.82, 2.24) is 0 Å². The zero-order valence-corrected chi connectivity index (χ0v) is 12.5. The van der Waals surface area contributed by atoms with Crippen LogP contribution < -0.4 is 4.74 Å². The Morgan fingerprint density at radius 1 is 1.29 bits per heavy atom. The zero-order valence-electron chi connectivity index (χ0n) is 11.7. The largest absolute Gasteiger partial charge is 0.497 e. The van der Waals surface area contributed by atoms with Gasteiger partial charge < -0.3 is 9.84 Å². The number of benzene rings is 2. The summed E-state index contributed by atoms with van der Waals surface area (Å²) in [6.45, 7) is 1.75. The van der Waals surface area contributed by atoms with E-state index in [1.54, 1.807) is 31.2 Å². The van der Waals surface area contributed by atoms with Crippen LogP contribution in [0.3, 0.4) is 0 Å². The third kappa shape index (κ3) is 3.76. The maximum Gasteiger partial charge on any atom is 0.335 e. The van der Waals surface area contributed by atoms with Gasteiger partial charge in [-0.15, -0.1) is 11.8 Å². The Morgan fingerprint density at radius 3 is 2.67 bits per heavy atom. The number of hydrogen-bond acceptors (Lipinski definition) is 3. The van der Waals surface area contributed by atoms with Crippen LogP contribution in [0.15, 0.2) is 41.3 Å². The first-order valence-corrected chi connectivity index (χ1v) is 7.29. The van der Waals surface area contributed by atoms with Crippen molar-refractivity contribution in [3.63, 3.8) is 0 Å². The standard InChI is InChI=1S/C16H15FO3S/c1-10-3-6-13(8-14(10)16(18)19)21-9-11-4-5-12(20-2)7-15(11)17/h3-8H,9H2,1-2H3,(H,18,19). The van der Waals surface area contributed by atoms with E-state index < -0.39 is 5.97 Å². The van der Waals surface area contributed by atoms with Gasteiger partial charge in [0.15, 0.2) is 0 Å². The molecule has 0 aliphatic heterocycles. The summed E-state index contributed by atoms with van der Waals surface area (Å²) in [5.74, 6) is -0.374. The number of methoxy groups -OCH3 is 1. The van der Waals surface area contributed by atoms with Crippen molar-refractivity contribution in [3.8, 4) is 5.75 Å². The predicted octanol–water partition coefficient (Wildman–Crippen LogP) is 4.13. The van der Waals surface area contributed by atoms with Gasteiger partial charge in [-0.3, -0.25) is 0 Å². The Balaban J connectivity index is 2.13. The Kier molecular flexibility index (Phi) is 4.85. The molecular formula is C16H15FO3S. The molecule has 0 unspecified atom stereocenters. The Labute approximate surface area is 126 Å². The van der Waals surface area contributed by atoms with Crippen LogP contribution in [0.25, 0.3) is 0 Å². The highest BCUT2D eigenvalue weighted by Crippen LogP contribution is 2.27. The summed E-state index contributed by atoms with van der Waals surface area (Å²) in [4.78, 5) is 11.9. The van der Waals surface area contributed by atoms with Gasteiger partial charge >= 0.3 is 5.97 Å². The van der Waals surface area contributed by atoms with Crippen molar-refractivity contribution in [2.24, 2.45) is 0 Å². The minimum atomic E-state index is -0.953. The summed E-state index contributed by atoms with van der Waals surface area (Å²) >= 11 is 1.40. The predicted molar refractivity (Wildman–Crippen MR) is 80.7 cm³/mol. The molecule has 21 heavy (non-hydrogen) atoms. The molecular weight excluding hydrogens is 291 g/mol. The first kappa shape index (κ1) is 15.4. The lowest BCUT2D eigenvalue weighted by Crippen LogP contribution is -1.99. The molecule has 0 aromatic heterocycles. The van der Waals surface area contributed by atoms with E-state index in [0.717, 1.165) is 4.90 Å². The van der Waals surface area contributed by atoms with Crippen molar-refractivity contribution in [2.45, 2.75) is 17.6 Å². The molecule has 2 aromatic carbocycles. The number of halogens is 1. The number of ether oxygens (including phenoxy) is 1. The second-order valence-electron chi connectivity index (χ2n) is 4.53. The van der Waals surface area contributed by atoms with Crippen LogP contribution in [-0.4, -0.2) is 18.2 Å². The van der Waals surface area contributed by atoms with Gasteiger partial charge in [-0.05, 0) is 36.2 Å². The minimum Gasteiger partial charge on any atom is -0.497 e. The average Bonchev–Trinajstić information content (AvgIpc) is 2.47. The van der Waals surface area contributed by atoms with Crippen LogP contribution in [0.2, 0.25) is 0 Å². The van der Waals surface area contributed by atoms with Crippen molar-refractivity contribution in [1.29, 1.82) is 0 Å². The molecule has 0 fully saturated rings. The molecule has 5 heteroatoms. The summed E-state index contributed by atoms with van der Waals surface area (Å²) in [5.41, 5.74) is 1.54. The van der Waals surface area contributed by atoms with Gasteiger partial charge in [0, 0.05) is 16.7 Å². The molecule has 0 radical (unpaired) electrons. The molecule has 0 aliphatic carbocycles. The number of aryl methyl sites for hydroxylation is 1. The fourth-order valence-corrected chi connectivity index (χ4v) is 2.78. The van der Waals surface area contributed by atoms with Gasteiger partial charge in [-0.2, -0.15) is 0 Å². The van der Waals surface area contributed by atoms with Crippen molar-refractivity contribution in [3.05, 3.63) is 58.9 Å². The Morgan fingerprint density at radius 2 is 2.05 bits per heavy atom. The normalized spacial score (nSPS) is 10.4. The van der Waals surface area contributed by atoms with Crippen LogP contribution >= 0.6 is 11.8 Å². The third-order valence-electron chi connectivity index (χ3n) is 3.09. The van der Waals surface area contributed by atoms with Crippen molar-refractivity contribution >= 4 is 17.7 Å². The number of rotatable bonds is 5. The van der Waals surface area contributed by atoms with Crippen LogP contribution in [0, 0.1) is 12.7 Å². The second-order valence-corrected chi connectivity index (χ2v) is 5.58. The molecule has 0 saturated heterocycles. The summed E-state index contributed by atoms with van der Waals surface area (Å²) in [7, 11) is 1.49. The highest BCUT2D eigenvalue weighted by atomic mass is 32.2. The quantitative estimate of drug-likeness (QED) is 0.844. The first-order valence-electron chi connectivity index (χ1n) is 6.30. The smallest absolute Gasteiger partial charge is 0.335 e. The van der Waals surface area contributed by atoms with Gasteiger partial charge in [0.1, 0.15) is 11.6 Å². The molecule has 0 bridgehead atoms. The molecule has 2 rings (SSSR count). The molecule has 0 saturated carbocycles. The van der Waals surface area contributed by atoms with Crippen LogP contribution in [0.1, 0.15) is 21.5 Å². The zero-order chi connectivity index (χ0) is 15.4. The lowest BCUT2D eigenvalue weighted by molar-refractivity contribution is 0.0696. The van der Waals surface area contributed by atoms with E-state index in [0.29, 0.717) is 22.6 Å². The van der Waals surface area contributed by atoms with Gasteiger partial charge in [0.25, 0.3) is 0 Å². The fraction of sp³-hybridized carbons (Fsp3) is 0.188. The van der Waals surface area contributed by atoms with Gasteiger partial charge in [-0.1, -0.05) is 12.1 Å². The van der Waals surface area contributed by atoms with E-state index in [1.165, 1.54) is 24.9 Å². The lowest BCUT2D eigenvalue weighted by atomic mass is 10.1. The first-order chi connectivity index (χ1) is 10.0. The monoisotopic (exact) mass is 306 g/mol. The molecule has 3 nitrogen and oxygen atoms in total. The Bertz CT molecular complexity index is 671. The van der Waals surface area contributed by atoms with E-state index in [4.69, 9.17) is 9.84 Å². The summed E-state index contributed by atoms with van der Waals surface area (Å²) in [6.07, 6.45) is 0. The highest BCUT2D eigenvalue weighted by Gasteiger charge is 2.09. The summed E-state index contributed by atoms with van der Waals surface area (Å²) in [5, 5.41) is 9.09. The average molecular weight is 306 g/mol. The molecule has 110 valence electrons. The fourth-order valence-electron chi connectivity index (χ4n) is 1.85. The number of carboxylic acids is 1. The number of carbonyl (C=O) groups is 1. The number of carboxylic acid groups (broad SMARTS) is 1. The van der Waals surface area contributed by atoms with E-state index in [9.17, 15) is 9.18 Å². The molecule has 0 heterocycles. The van der Waals surface area contributed by atoms with Gasteiger partial charge in [0.05, 0.1) is 12.7 Å². The lowest BCUT2D eigenvalue weighted by Gasteiger charge is -2.07. The topological polar surface area (TPSA) is 46.5 Å². The van der Waals surface area contributed by atoms with Crippen molar-refractivity contribution in [2.75, 3.05) is 7.11 Å². The molecule has 0 spiro atoms. The maximum atomic E-state index is 13.8. The number of thioether (sulfide) groups is 1. The van der Waals surface area contributed by atoms with Gasteiger partial charge in [-0.25, -0.2) is 9.18 Å². The number of hydrogen-bond donors (Lipinski definition) is 1. The van der Waals surface area contributed by atoms with E-state index in [-0.39, 0.29) is 11.4 Å². The molecule has 0 aliphatic rings. The molecule has 0 amide bonds. The minimum absolute atomic E-state index is 0.273. The van der Waals surface area contributed by atoms with Gasteiger partial charge in [0.2, 0.25) is 0 Å². The third-order valence-corrected chi connectivity index (χ3v) is 4.14. The van der Waals surface area contributed by atoms with Crippen LogP contribution in [0.5, 0.6) is 5.75 Å². The van der Waals surface area contributed by atoms with Crippen LogP contribution in [-0.2, 0) is 5.75 Å². The van der Waals surface area contributed by atoms with Crippen molar-refractivity contribution < 1.29 is 19.0 Å². The maximum absolute atomic E-state index is 13.8. The highest BCUT2D eigenvalue weighted by molar-refractivity contribution is 7.98. The number of aromatic carboxylic acids is 1.